The molecule has 0 radical (unpaired) electrons. The van der Waals surface area contributed by atoms with Gasteiger partial charge in [-0.05, 0) is 33.6 Å². The molecule has 3 heteroatoms. The normalized spacial score (nSPS) is 14.0. The van der Waals surface area contributed by atoms with Gasteiger partial charge in [0, 0.05) is 0 Å². The van der Waals surface area contributed by atoms with Crippen molar-refractivity contribution < 1.29 is 9.90 Å². The Morgan fingerprint density at radius 3 is 2.27 bits per heavy atom. The molecule has 1 rings (SSSR count). The monoisotopic (exact) mass is 316 g/mol. The molecular weight excluding hydrogens is 288 g/mol. The lowest BCUT2D eigenvalue weighted by Crippen LogP contribution is -2.50. The molecule has 22 heavy (non-hydrogen) atoms. The lowest BCUT2D eigenvalue weighted by molar-refractivity contribution is -0.145. The Hall–Kier alpha value is -1.61. The van der Waals surface area contributed by atoms with Crippen LogP contribution >= 0.6 is 0 Å². The molecule has 0 amide bonds. The van der Waals surface area contributed by atoms with Crippen LogP contribution in [0, 0.1) is 5.41 Å². The summed E-state index contributed by atoms with van der Waals surface area (Å²) in [6.07, 6.45) is 3.46. The number of aliphatic carboxylic acids is 1. The van der Waals surface area contributed by atoms with Crippen LogP contribution in [0.4, 0.5) is 0 Å². The molecule has 0 bridgehead atoms. The van der Waals surface area contributed by atoms with Crippen molar-refractivity contribution in [2.45, 2.75) is 46.7 Å². The number of hydrogen-bond acceptors (Lipinski definition) is 1. The van der Waals surface area contributed by atoms with E-state index in [-0.39, 0.29) is 0 Å². The maximum absolute atomic E-state index is 12.0. The van der Waals surface area contributed by atoms with E-state index in [0.29, 0.717) is 6.42 Å². The van der Waals surface area contributed by atoms with Crippen molar-refractivity contribution in [2.75, 3.05) is 0 Å². The van der Waals surface area contributed by atoms with Gasteiger partial charge in [0.1, 0.15) is 8.07 Å². The van der Waals surface area contributed by atoms with Gasteiger partial charge in [-0.1, -0.05) is 65.5 Å². The first kappa shape index (κ1) is 18.4. The molecule has 0 spiro atoms. The molecule has 0 fully saturated rings. The zero-order valence-corrected chi connectivity index (χ0v) is 15.4. The highest BCUT2D eigenvalue weighted by molar-refractivity contribution is 6.96. The van der Waals surface area contributed by atoms with E-state index < -0.39 is 19.5 Å². The molecule has 0 heterocycles. The molecule has 0 saturated carbocycles. The zero-order valence-electron chi connectivity index (χ0n) is 14.4. The summed E-state index contributed by atoms with van der Waals surface area (Å²) in [6, 6.07) is 10.2. The van der Waals surface area contributed by atoms with Gasteiger partial charge in [0.15, 0.2) is 0 Å². The Labute approximate surface area is 135 Å². The van der Waals surface area contributed by atoms with Crippen molar-refractivity contribution in [3.63, 3.8) is 0 Å². The molecular formula is C19H28O2Si. The molecule has 1 atom stereocenters. The van der Waals surface area contributed by atoms with E-state index in [2.05, 4.69) is 37.9 Å². The molecule has 1 unspecified atom stereocenters. The van der Waals surface area contributed by atoms with E-state index in [1.54, 1.807) is 0 Å². The van der Waals surface area contributed by atoms with E-state index >= 15 is 0 Å². The third-order valence-electron chi connectivity index (χ3n) is 4.58. The maximum Gasteiger partial charge on any atom is 0.313 e. The minimum absolute atomic E-state index is 0.593. The Balaban J connectivity index is 3.12. The summed E-state index contributed by atoms with van der Waals surface area (Å²) in [7, 11) is -2.05. The molecule has 0 saturated heterocycles. The second kappa shape index (κ2) is 7.10. The molecule has 1 N–H and O–H groups in total. The maximum atomic E-state index is 12.0. The van der Waals surface area contributed by atoms with E-state index in [1.807, 2.05) is 39.0 Å². The van der Waals surface area contributed by atoms with E-state index in [4.69, 9.17) is 0 Å². The summed E-state index contributed by atoms with van der Waals surface area (Å²) in [6.45, 7) is 14.5. The third kappa shape index (κ3) is 3.98. The van der Waals surface area contributed by atoms with Crippen molar-refractivity contribution in [3.05, 3.63) is 53.8 Å². The number of carbonyl (C=O) groups is 1. The number of rotatable bonds is 7. The Bertz CT molecular complexity index is 568. The Kier molecular flexibility index (Phi) is 5.95. The summed E-state index contributed by atoms with van der Waals surface area (Å²) >= 11 is 0. The number of carboxylic acids is 1. The summed E-state index contributed by atoms with van der Waals surface area (Å²) in [4.78, 5) is 12.0. The summed E-state index contributed by atoms with van der Waals surface area (Å²) in [5.41, 5.74) is 0.343. The van der Waals surface area contributed by atoms with Gasteiger partial charge in [-0.25, -0.2) is 0 Å². The first-order valence-electron chi connectivity index (χ1n) is 7.74. The lowest BCUT2D eigenvalue weighted by atomic mass is 9.85. The van der Waals surface area contributed by atoms with Crippen molar-refractivity contribution in [1.82, 2.24) is 0 Å². The second-order valence-corrected chi connectivity index (χ2v) is 11.4. The first-order chi connectivity index (χ1) is 10.1. The minimum atomic E-state index is -2.05. The largest absolute Gasteiger partial charge is 0.481 e. The molecule has 2 nitrogen and oxygen atoms in total. The molecule has 0 aliphatic heterocycles. The SMILES string of the molecule is C=C(C(C)(CCC=C(C)C)C(=O)O)[Si](C)(C)c1ccccc1. The molecule has 0 aromatic heterocycles. The van der Waals surface area contributed by atoms with Crippen LogP contribution in [-0.2, 0) is 4.79 Å². The smallest absolute Gasteiger partial charge is 0.313 e. The highest BCUT2D eigenvalue weighted by atomic mass is 28.3. The Morgan fingerprint density at radius 1 is 1.27 bits per heavy atom. The third-order valence-corrected chi connectivity index (χ3v) is 8.42. The highest BCUT2D eigenvalue weighted by Gasteiger charge is 2.43. The fourth-order valence-electron chi connectivity index (χ4n) is 2.76. The Morgan fingerprint density at radius 2 is 1.82 bits per heavy atom. The molecule has 1 aromatic rings. The number of carboxylic acid groups (broad SMARTS) is 1. The molecule has 0 aliphatic carbocycles. The van der Waals surface area contributed by atoms with Crippen molar-refractivity contribution >= 4 is 19.2 Å². The van der Waals surface area contributed by atoms with Crippen LogP contribution in [0.2, 0.25) is 13.1 Å². The first-order valence-corrected chi connectivity index (χ1v) is 10.7. The summed E-state index contributed by atoms with van der Waals surface area (Å²) in [5.74, 6) is -0.767. The molecule has 1 aromatic carbocycles. The predicted molar refractivity (Wildman–Crippen MR) is 97.1 cm³/mol. The minimum Gasteiger partial charge on any atom is -0.481 e. The van der Waals surface area contributed by atoms with E-state index in [9.17, 15) is 9.90 Å². The van der Waals surface area contributed by atoms with Crippen molar-refractivity contribution in [1.29, 1.82) is 0 Å². The fraction of sp³-hybridized carbons (Fsp3) is 0.421. The van der Waals surface area contributed by atoms with E-state index in [1.165, 1.54) is 10.8 Å². The van der Waals surface area contributed by atoms with Crippen LogP contribution in [0.25, 0.3) is 0 Å². The topological polar surface area (TPSA) is 37.3 Å². The van der Waals surface area contributed by atoms with Gasteiger partial charge in [0.2, 0.25) is 0 Å². The second-order valence-electron chi connectivity index (χ2n) is 6.93. The molecule has 120 valence electrons. The number of benzene rings is 1. The van der Waals surface area contributed by atoms with Crippen LogP contribution in [0.5, 0.6) is 0 Å². The fourth-order valence-corrected chi connectivity index (χ4v) is 5.74. The van der Waals surface area contributed by atoms with Crippen LogP contribution in [-0.4, -0.2) is 19.1 Å². The van der Waals surface area contributed by atoms with Crippen LogP contribution in [0.3, 0.4) is 0 Å². The van der Waals surface area contributed by atoms with Gasteiger partial charge in [0.25, 0.3) is 0 Å². The summed E-state index contributed by atoms with van der Waals surface area (Å²) in [5, 5.41) is 11.9. The van der Waals surface area contributed by atoms with Crippen molar-refractivity contribution in [3.8, 4) is 0 Å². The quantitative estimate of drug-likeness (QED) is 0.592. The highest BCUT2D eigenvalue weighted by Crippen LogP contribution is 2.37. The van der Waals surface area contributed by atoms with Crippen LogP contribution in [0.1, 0.15) is 33.6 Å². The average Bonchev–Trinajstić information content (AvgIpc) is 2.46. The standard InChI is InChI=1S/C19H28O2Si/c1-15(2)11-10-14-19(4,18(20)21)16(3)22(5,6)17-12-8-7-9-13-17/h7-9,11-13H,3,10,14H2,1-2,4-6H3,(H,20,21). The average molecular weight is 317 g/mol. The van der Waals surface area contributed by atoms with Gasteiger partial charge < -0.3 is 5.11 Å². The predicted octanol–water partition coefficient (Wildman–Crippen LogP) is 4.53. The van der Waals surface area contributed by atoms with Gasteiger partial charge in [0.05, 0.1) is 5.41 Å². The van der Waals surface area contributed by atoms with Crippen molar-refractivity contribution in [2.24, 2.45) is 5.41 Å². The lowest BCUT2D eigenvalue weighted by Gasteiger charge is -2.37. The van der Waals surface area contributed by atoms with Gasteiger partial charge >= 0.3 is 5.97 Å². The van der Waals surface area contributed by atoms with Gasteiger partial charge in [-0.2, -0.15) is 0 Å². The molecule has 0 aliphatic rings. The van der Waals surface area contributed by atoms with Crippen LogP contribution < -0.4 is 5.19 Å². The van der Waals surface area contributed by atoms with Gasteiger partial charge in [-0.3, -0.25) is 4.79 Å². The zero-order chi connectivity index (χ0) is 17.0. The number of allylic oxidation sites excluding steroid dienone is 2. The van der Waals surface area contributed by atoms with E-state index in [0.717, 1.165) is 11.6 Å². The van der Waals surface area contributed by atoms with Crippen LogP contribution in [0.15, 0.2) is 53.8 Å². The van der Waals surface area contributed by atoms with Gasteiger partial charge in [-0.15, -0.1) is 6.58 Å². The summed E-state index contributed by atoms with van der Waals surface area (Å²) < 4.78 is 0. The number of hydrogen-bond donors (Lipinski definition) is 1.